The van der Waals surface area contributed by atoms with Crippen molar-refractivity contribution in [1.82, 2.24) is 15.1 Å². The van der Waals surface area contributed by atoms with E-state index in [4.69, 9.17) is 0 Å². The second-order valence-corrected chi connectivity index (χ2v) is 5.38. The largest absolute Gasteiger partial charge is 0.394 e. The Bertz CT molecular complexity index is 426. The summed E-state index contributed by atoms with van der Waals surface area (Å²) < 4.78 is 1.59. The summed E-state index contributed by atoms with van der Waals surface area (Å²) in [6, 6.07) is 1.60. The van der Waals surface area contributed by atoms with Gasteiger partial charge in [-0.3, -0.25) is 9.48 Å². The van der Waals surface area contributed by atoms with Crippen molar-refractivity contribution in [2.45, 2.75) is 46.1 Å². The lowest BCUT2D eigenvalue weighted by molar-refractivity contribution is 0.0882. The molecule has 0 radical (unpaired) electrons. The Hall–Kier alpha value is -1.36. The smallest absolute Gasteiger partial charge is 0.269 e. The first-order chi connectivity index (χ1) is 8.90. The number of amides is 1. The fraction of sp³-hybridized carbons (Fsp3) is 0.714. The van der Waals surface area contributed by atoms with Crippen LogP contribution < -0.4 is 5.32 Å². The number of hydrogen-bond donors (Lipinski definition) is 2. The first-order valence-electron chi connectivity index (χ1n) is 6.86. The van der Waals surface area contributed by atoms with Gasteiger partial charge in [0.15, 0.2) is 0 Å². The van der Waals surface area contributed by atoms with Crippen molar-refractivity contribution in [3.63, 3.8) is 0 Å². The molecule has 2 N–H and O–H groups in total. The molecule has 19 heavy (non-hydrogen) atoms. The van der Waals surface area contributed by atoms with Gasteiger partial charge >= 0.3 is 0 Å². The molecule has 108 valence electrons. The molecule has 0 fully saturated rings. The topological polar surface area (TPSA) is 67.2 Å². The molecular formula is C14H25N3O2. The van der Waals surface area contributed by atoms with E-state index in [0.717, 1.165) is 12.1 Å². The molecule has 0 unspecified atom stereocenters. The summed E-state index contributed by atoms with van der Waals surface area (Å²) in [5.74, 6) is 0.351. The molecule has 0 saturated carbocycles. The molecule has 1 aromatic heterocycles. The number of nitrogens with one attached hydrogen (secondary N) is 1. The van der Waals surface area contributed by atoms with E-state index >= 15 is 0 Å². The highest BCUT2D eigenvalue weighted by atomic mass is 16.3. The highest BCUT2D eigenvalue weighted by molar-refractivity contribution is 5.92. The third-order valence-electron chi connectivity index (χ3n) is 3.57. The minimum atomic E-state index is -0.213. The van der Waals surface area contributed by atoms with Crippen molar-refractivity contribution >= 4 is 5.91 Å². The Morgan fingerprint density at radius 1 is 1.47 bits per heavy atom. The molecule has 0 aliphatic carbocycles. The lowest BCUT2D eigenvalue weighted by Gasteiger charge is -2.21. The van der Waals surface area contributed by atoms with Gasteiger partial charge in [0, 0.05) is 7.05 Å². The van der Waals surface area contributed by atoms with Crippen LogP contribution in [0.15, 0.2) is 6.07 Å². The summed E-state index contributed by atoms with van der Waals surface area (Å²) in [5, 5.41) is 16.5. The second kappa shape index (κ2) is 6.70. The lowest BCUT2D eigenvalue weighted by atomic mass is 10.00. The van der Waals surface area contributed by atoms with Crippen LogP contribution in [-0.2, 0) is 7.05 Å². The van der Waals surface area contributed by atoms with Crippen molar-refractivity contribution in [2.75, 3.05) is 6.61 Å². The van der Waals surface area contributed by atoms with Crippen molar-refractivity contribution in [2.24, 2.45) is 13.0 Å². The van der Waals surface area contributed by atoms with E-state index in [0.29, 0.717) is 5.69 Å². The van der Waals surface area contributed by atoms with Gasteiger partial charge in [0.2, 0.25) is 0 Å². The predicted molar refractivity (Wildman–Crippen MR) is 75.1 cm³/mol. The van der Waals surface area contributed by atoms with Crippen LogP contribution in [0.25, 0.3) is 0 Å². The summed E-state index contributed by atoms with van der Waals surface area (Å²) in [5.41, 5.74) is 1.43. The molecule has 1 heterocycles. The molecule has 0 spiro atoms. The van der Waals surface area contributed by atoms with Gasteiger partial charge in [-0.05, 0) is 17.9 Å². The molecule has 1 aromatic rings. The van der Waals surface area contributed by atoms with Gasteiger partial charge in [0.1, 0.15) is 5.69 Å². The van der Waals surface area contributed by atoms with Crippen LogP contribution in [0.4, 0.5) is 0 Å². The number of rotatable bonds is 6. The molecule has 0 saturated heterocycles. The Balaban J connectivity index is 2.82. The molecule has 0 aliphatic heterocycles. The molecule has 0 aromatic carbocycles. The number of carbonyl (C=O) groups is 1. The summed E-state index contributed by atoms with van der Waals surface area (Å²) in [6.07, 6.45) is 0.911. The number of aliphatic hydroxyl groups is 1. The maximum absolute atomic E-state index is 12.2. The van der Waals surface area contributed by atoms with Crippen LogP contribution in [0.1, 0.15) is 56.2 Å². The Kier molecular flexibility index (Phi) is 5.54. The first kappa shape index (κ1) is 15.7. The van der Waals surface area contributed by atoms with E-state index < -0.39 is 0 Å². The van der Waals surface area contributed by atoms with Crippen molar-refractivity contribution in [3.05, 3.63) is 17.5 Å². The molecule has 1 amide bonds. The fourth-order valence-electron chi connectivity index (χ4n) is 1.88. The predicted octanol–water partition coefficient (Wildman–Crippen LogP) is 1.68. The van der Waals surface area contributed by atoms with Gasteiger partial charge in [-0.25, -0.2) is 0 Å². The van der Waals surface area contributed by atoms with E-state index in [1.165, 1.54) is 0 Å². The number of hydrogen-bond acceptors (Lipinski definition) is 3. The summed E-state index contributed by atoms with van der Waals surface area (Å²) in [4.78, 5) is 12.2. The third-order valence-corrected chi connectivity index (χ3v) is 3.57. The number of nitrogens with zero attached hydrogens (tertiary/aromatic N) is 2. The van der Waals surface area contributed by atoms with Crippen LogP contribution in [0.2, 0.25) is 0 Å². The maximum atomic E-state index is 12.2. The molecule has 0 aliphatic rings. The lowest BCUT2D eigenvalue weighted by Crippen LogP contribution is -2.42. The van der Waals surface area contributed by atoms with Gasteiger partial charge in [-0.15, -0.1) is 0 Å². The van der Waals surface area contributed by atoms with Crippen molar-refractivity contribution in [3.8, 4) is 0 Å². The van der Waals surface area contributed by atoms with E-state index in [1.54, 1.807) is 11.7 Å². The number of aryl methyl sites for hydroxylation is 1. The average molecular weight is 267 g/mol. The van der Waals surface area contributed by atoms with Gasteiger partial charge in [0.05, 0.1) is 18.3 Å². The Labute approximate surface area is 115 Å². The van der Waals surface area contributed by atoms with Gasteiger partial charge in [-0.1, -0.05) is 34.1 Å². The quantitative estimate of drug-likeness (QED) is 0.824. The monoisotopic (exact) mass is 267 g/mol. The van der Waals surface area contributed by atoms with E-state index in [-0.39, 0.29) is 30.4 Å². The number of carbonyl (C=O) groups excluding carboxylic acids is 1. The zero-order valence-electron chi connectivity index (χ0n) is 12.5. The average Bonchev–Trinajstić information content (AvgIpc) is 2.77. The van der Waals surface area contributed by atoms with Crippen LogP contribution in [0.3, 0.4) is 0 Å². The molecular weight excluding hydrogens is 242 g/mol. The number of aromatic nitrogens is 2. The minimum Gasteiger partial charge on any atom is -0.394 e. The fourth-order valence-corrected chi connectivity index (χ4v) is 1.88. The minimum absolute atomic E-state index is 0.0460. The summed E-state index contributed by atoms with van der Waals surface area (Å²) in [6.45, 7) is 8.10. The van der Waals surface area contributed by atoms with E-state index in [9.17, 15) is 9.90 Å². The highest BCUT2D eigenvalue weighted by Crippen LogP contribution is 2.14. The van der Waals surface area contributed by atoms with Gasteiger partial charge in [-0.2, -0.15) is 5.10 Å². The Morgan fingerprint density at radius 3 is 2.53 bits per heavy atom. The standard InChI is InChI=1S/C14H25N3O2/c1-6-10(4)12(8-18)15-14(19)13-7-11(9(2)3)16-17(13)5/h7,9-10,12,18H,6,8H2,1-5H3,(H,15,19)/t10-,12-/m1/s1. The molecule has 5 heteroatoms. The molecule has 2 atom stereocenters. The zero-order chi connectivity index (χ0) is 14.6. The summed E-state index contributed by atoms with van der Waals surface area (Å²) >= 11 is 0. The Morgan fingerprint density at radius 2 is 2.11 bits per heavy atom. The third kappa shape index (κ3) is 3.80. The van der Waals surface area contributed by atoms with Gasteiger partial charge < -0.3 is 10.4 Å². The second-order valence-electron chi connectivity index (χ2n) is 5.38. The van der Waals surface area contributed by atoms with E-state index in [1.807, 2.05) is 33.8 Å². The van der Waals surface area contributed by atoms with Crippen molar-refractivity contribution in [1.29, 1.82) is 0 Å². The molecule has 1 rings (SSSR count). The van der Waals surface area contributed by atoms with Crippen molar-refractivity contribution < 1.29 is 9.90 Å². The van der Waals surface area contributed by atoms with Crippen LogP contribution in [0.5, 0.6) is 0 Å². The summed E-state index contributed by atoms with van der Waals surface area (Å²) in [7, 11) is 1.76. The SMILES string of the molecule is CC[C@@H](C)[C@@H](CO)NC(=O)c1cc(C(C)C)nn1C. The maximum Gasteiger partial charge on any atom is 0.269 e. The highest BCUT2D eigenvalue weighted by Gasteiger charge is 2.21. The number of aliphatic hydroxyl groups excluding tert-OH is 1. The van der Waals surface area contributed by atoms with Crippen LogP contribution >= 0.6 is 0 Å². The van der Waals surface area contributed by atoms with Crippen LogP contribution in [-0.4, -0.2) is 33.4 Å². The van der Waals surface area contributed by atoms with Gasteiger partial charge in [0.25, 0.3) is 5.91 Å². The first-order valence-corrected chi connectivity index (χ1v) is 6.86. The van der Waals surface area contributed by atoms with Crippen LogP contribution in [0, 0.1) is 5.92 Å². The molecule has 5 nitrogen and oxygen atoms in total. The zero-order valence-corrected chi connectivity index (χ0v) is 12.5. The molecule has 0 bridgehead atoms. The van der Waals surface area contributed by atoms with E-state index in [2.05, 4.69) is 10.4 Å². The normalized spacial score (nSPS) is 14.5.